The largest absolute Gasteiger partial charge is 0.457 e. The number of benzene rings is 2. The number of nitrogens with one attached hydrogen (secondary N) is 2. The van der Waals surface area contributed by atoms with Gasteiger partial charge in [-0.05, 0) is 41.8 Å². The molecule has 164 valence electrons. The van der Waals surface area contributed by atoms with Crippen molar-refractivity contribution in [2.45, 2.75) is 19.8 Å². The molecule has 2 aromatic carbocycles. The molecule has 4 rings (SSSR count). The van der Waals surface area contributed by atoms with Gasteiger partial charge in [-0.3, -0.25) is 9.78 Å². The van der Waals surface area contributed by atoms with Crippen LogP contribution in [0.1, 0.15) is 35.8 Å². The van der Waals surface area contributed by atoms with Crippen molar-refractivity contribution in [3.8, 4) is 11.5 Å². The summed E-state index contributed by atoms with van der Waals surface area (Å²) in [6.45, 7) is 4.27. The number of rotatable bonds is 6. The molecule has 1 amide bonds. The topological polar surface area (TPSA) is 81.1 Å². The Kier molecular flexibility index (Phi) is 6.01. The van der Waals surface area contributed by atoms with Crippen LogP contribution in [0.4, 0.5) is 11.6 Å². The number of anilines is 2. The molecule has 0 spiro atoms. The van der Waals surface area contributed by atoms with Crippen molar-refractivity contribution < 1.29 is 9.53 Å². The van der Waals surface area contributed by atoms with Crippen LogP contribution in [0.15, 0.2) is 54.7 Å². The fourth-order valence-corrected chi connectivity index (χ4v) is 3.57. The fourth-order valence-electron chi connectivity index (χ4n) is 3.33. The number of imidazole rings is 1. The Morgan fingerprint density at radius 1 is 1.09 bits per heavy atom. The van der Waals surface area contributed by atoms with Gasteiger partial charge in [-0.15, -0.1) is 0 Å². The highest BCUT2D eigenvalue weighted by atomic mass is 35.5. The third-order valence-corrected chi connectivity index (χ3v) is 5.50. The Labute approximate surface area is 191 Å². The minimum atomic E-state index is -0.272. The third kappa shape index (κ3) is 4.38. The Morgan fingerprint density at radius 2 is 1.88 bits per heavy atom. The van der Waals surface area contributed by atoms with Crippen LogP contribution in [0.3, 0.4) is 0 Å². The van der Waals surface area contributed by atoms with E-state index in [0.29, 0.717) is 28.4 Å². The molecule has 0 fully saturated rings. The van der Waals surface area contributed by atoms with Gasteiger partial charge in [0.05, 0.1) is 21.7 Å². The summed E-state index contributed by atoms with van der Waals surface area (Å²) in [6.07, 6.45) is 1.54. The lowest BCUT2D eigenvalue weighted by Gasteiger charge is -2.11. The number of amides is 1. The molecule has 0 radical (unpaired) electrons. The second-order valence-corrected chi connectivity index (χ2v) is 8.13. The second kappa shape index (κ2) is 8.88. The fraction of sp³-hybridized carbons (Fsp3) is 0.208. The Balaban J connectivity index is 1.59. The molecule has 0 unspecified atom stereocenters. The maximum atomic E-state index is 11.8. The summed E-state index contributed by atoms with van der Waals surface area (Å²) in [4.78, 5) is 20.6. The maximum Gasteiger partial charge on any atom is 0.269 e. The summed E-state index contributed by atoms with van der Waals surface area (Å²) in [5, 5.41) is 6.52. The minimum Gasteiger partial charge on any atom is -0.457 e. The first-order chi connectivity index (χ1) is 15.4. The number of pyridine rings is 1. The van der Waals surface area contributed by atoms with Crippen molar-refractivity contribution in [1.29, 1.82) is 0 Å². The number of hydrogen-bond acceptors (Lipinski definition) is 5. The number of nitrogens with zero attached hydrogens (tertiary/aromatic N) is 3. The zero-order valence-electron chi connectivity index (χ0n) is 18.3. The molecule has 2 heterocycles. The van der Waals surface area contributed by atoms with E-state index in [4.69, 9.17) is 21.3 Å². The van der Waals surface area contributed by atoms with E-state index < -0.39 is 0 Å². The molecule has 2 N–H and O–H groups in total. The van der Waals surface area contributed by atoms with Gasteiger partial charge in [0.15, 0.2) is 0 Å². The van der Waals surface area contributed by atoms with Gasteiger partial charge in [-0.25, -0.2) is 4.98 Å². The second-order valence-electron chi connectivity index (χ2n) is 7.72. The average Bonchev–Trinajstić information content (AvgIpc) is 3.09. The number of ether oxygens (including phenoxy) is 1. The molecule has 32 heavy (non-hydrogen) atoms. The lowest BCUT2D eigenvalue weighted by atomic mass is 10.0. The number of halogens is 1. The average molecular weight is 450 g/mol. The molecule has 0 aliphatic carbocycles. The SMILES string of the molecule is CNC(=O)c1cc(Oc2ccc3c(c2)nc(Nc2ccc(C(C)C)cc2Cl)n3C)ccn1. The quantitative estimate of drug-likeness (QED) is 0.398. The van der Waals surface area contributed by atoms with Crippen molar-refractivity contribution in [2.24, 2.45) is 7.05 Å². The lowest BCUT2D eigenvalue weighted by Crippen LogP contribution is -2.18. The Bertz CT molecular complexity index is 1300. The van der Waals surface area contributed by atoms with Gasteiger partial charge in [-0.2, -0.15) is 0 Å². The number of fused-ring (bicyclic) bond motifs is 1. The van der Waals surface area contributed by atoms with Crippen LogP contribution >= 0.6 is 11.6 Å². The predicted octanol–water partition coefficient (Wildman–Crippen LogP) is 5.64. The zero-order valence-corrected chi connectivity index (χ0v) is 19.1. The number of hydrogen-bond donors (Lipinski definition) is 2. The number of carbonyl (C=O) groups is 1. The molecule has 0 saturated heterocycles. The van der Waals surface area contributed by atoms with Crippen LogP contribution in [-0.2, 0) is 7.05 Å². The molecule has 0 saturated carbocycles. The van der Waals surface area contributed by atoms with Crippen molar-refractivity contribution in [3.05, 3.63) is 71.0 Å². The minimum absolute atomic E-state index is 0.272. The van der Waals surface area contributed by atoms with E-state index in [0.717, 1.165) is 16.7 Å². The predicted molar refractivity (Wildman–Crippen MR) is 127 cm³/mol. The summed E-state index contributed by atoms with van der Waals surface area (Å²) in [5.41, 5.74) is 3.97. The van der Waals surface area contributed by atoms with Gasteiger partial charge in [0.2, 0.25) is 5.95 Å². The van der Waals surface area contributed by atoms with Gasteiger partial charge in [0, 0.05) is 32.4 Å². The van der Waals surface area contributed by atoms with E-state index in [1.165, 1.54) is 11.8 Å². The first-order valence-electron chi connectivity index (χ1n) is 10.2. The Morgan fingerprint density at radius 3 is 2.59 bits per heavy atom. The van der Waals surface area contributed by atoms with Gasteiger partial charge in [-0.1, -0.05) is 31.5 Å². The van der Waals surface area contributed by atoms with E-state index >= 15 is 0 Å². The van der Waals surface area contributed by atoms with Crippen molar-refractivity contribution in [2.75, 3.05) is 12.4 Å². The third-order valence-electron chi connectivity index (χ3n) is 5.19. The molecule has 8 heteroatoms. The monoisotopic (exact) mass is 449 g/mol. The number of aryl methyl sites for hydroxylation is 1. The van der Waals surface area contributed by atoms with Gasteiger partial charge >= 0.3 is 0 Å². The number of aromatic nitrogens is 3. The maximum absolute atomic E-state index is 11.8. The van der Waals surface area contributed by atoms with Crippen LogP contribution in [0.2, 0.25) is 5.02 Å². The van der Waals surface area contributed by atoms with Gasteiger partial charge < -0.3 is 19.9 Å². The van der Waals surface area contributed by atoms with Crippen LogP contribution in [0.5, 0.6) is 11.5 Å². The summed E-state index contributed by atoms with van der Waals surface area (Å²) < 4.78 is 7.89. The standard InChI is InChI=1S/C24H24ClN5O2/c1-14(2)15-5-7-19(18(25)11-15)28-24-29-20-12-16(6-8-22(20)30(24)4)32-17-9-10-27-21(13-17)23(31)26-3/h5-14H,1-4H3,(H,26,31)(H,28,29). The van der Waals surface area contributed by atoms with Gasteiger partial charge in [0.25, 0.3) is 5.91 Å². The summed E-state index contributed by atoms with van der Waals surface area (Å²) in [6, 6.07) is 15.0. The molecule has 2 aromatic heterocycles. The van der Waals surface area contributed by atoms with Crippen molar-refractivity contribution in [3.63, 3.8) is 0 Å². The Hall–Kier alpha value is -3.58. The summed E-state index contributed by atoms with van der Waals surface area (Å²) >= 11 is 6.48. The van der Waals surface area contributed by atoms with E-state index in [1.54, 1.807) is 19.2 Å². The molecular formula is C24H24ClN5O2. The molecule has 0 aliphatic rings. The first-order valence-corrected chi connectivity index (χ1v) is 10.6. The van der Waals surface area contributed by atoms with E-state index in [1.807, 2.05) is 41.9 Å². The highest BCUT2D eigenvalue weighted by molar-refractivity contribution is 6.33. The van der Waals surface area contributed by atoms with Crippen molar-refractivity contribution >= 4 is 40.2 Å². The van der Waals surface area contributed by atoms with E-state index in [2.05, 4.69) is 35.5 Å². The van der Waals surface area contributed by atoms with Crippen LogP contribution in [0, 0.1) is 0 Å². The lowest BCUT2D eigenvalue weighted by molar-refractivity contribution is 0.0958. The molecular weight excluding hydrogens is 426 g/mol. The zero-order chi connectivity index (χ0) is 22.8. The highest BCUT2D eigenvalue weighted by Gasteiger charge is 2.13. The molecule has 0 bridgehead atoms. The van der Waals surface area contributed by atoms with Crippen molar-refractivity contribution in [1.82, 2.24) is 19.9 Å². The van der Waals surface area contributed by atoms with Crippen LogP contribution < -0.4 is 15.4 Å². The van der Waals surface area contributed by atoms with Crippen LogP contribution in [0.25, 0.3) is 11.0 Å². The van der Waals surface area contributed by atoms with Gasteiger partial charge in [0.1, 0.15) is 17.2 Å². The molecule has 7 nitrogen and oxygen atoms in total. The molecule has 4 aromatic rings. The smallest absolute Gasteiger partial charge is 0.269 e. The number of carbonyl (C=O) groups excluding carboxylic acids is 1. The molecule has 0 atom stereocenters. The highest BCUT2D eigenvalue weighted by Crippen LogP contribution is 2.31. The molecule has 0 aliphatic heterocycles. The summed E-state index contributed by atoms with van der Waals surface area (Å²) in [7, 11) is 3.50. The first kappa shape index (κ1) is 21.6. The van der Waals surface area contributed by atoms with E-state index in [9.17, 15) is 4.79 Å². The summed E-state index contributed by atoms with van der Waals surface area (Å²) in [5.74, 6) is 1.93. The van der Waals surface area contributed by atoms with E-state index in [-0.39, 0.29) is 11.6 Å². The normalized spacial score (nSPS) is 11.1. The van der Waals surface area contributed by atoms with Crippen LogP contribution in [-0.4, -0.2) is 27.5 Å².